The molecule has 3 rings (SSSR count). The lowest BCUT2D eigenvalue weighted by Crippen LogP contribution is -2.28. The lowest BCUT2D eigenvalue weighted by molar-refractivity contribution is -0.141. The van der Waals surface area contributed by atoms with Gasteiger partial charge in [-0.2, -0.15) is 5.10 Å². The topological polar surface area (TPSA) is 59.4 Å². The summed E-state index contributed by atoms with van der Waals surface area (Å²) in [6.07, 6.45) is 0.881. The first-order chi connectivity index (χ1) is 10.7. The Morgan fingerprint density at radius 2 is 2.14 bits per heavy atom. The van der Waals surface area contributed by atoms with Crippen molar-refractivity contribution in [2.75, 3.05) is 26.0 Å². The molecule has 2 heterocycles. The van der Waals surface area contributed by atoms with Gasteiger partial charge in [0.2, 0.25) is 0 Å². The molecule has 2 aromatic rings. The number of anilines is 2. The standard InChI is InChI=1S/C16H20N4O2/c1-19-9-8-14-13(10-19)16(17-12-6-4-3-5-7-12)18-20(14)11-15(21)22-2/h3-7H,8-11H2,1-2H3,(H,17,18). The number of hydrogen-bond donors (Lipinski definition) is 1. The smallest absolute Gasteiger partial charge is 0.327 e. The van der Waals surface area contributed by atoms with Gasteiger partial charge in [-0.3, -0.25) is 9.48 Å². The number of hydrogen-bond acceptors (Lipinski definition) is 5. The number of fused-ring (bicyclic) bond motifs is 1. The number of esters is 1. The number of benzene rings is 1. The lowest BCUT2D eigenvalue weighted by Gasteiger charge is -2.23. The summed E-state index contributed by atoms with van der Waals surface area (Å²) in [7, 11) is 3.49. The van der Waals surface area contributed by atoms with Crippen LogP contribution in [0, 0.1) is 0 Å². The second-order valence-electron chi connectivity index (χ2n) is 5.49. The summed E-state index contributed by atoms with van der Waals surface area (Å²) in [4.78, 5) is 13.8. The Morgan fingerprint density at radius 3 is 2.86 bits per heavy atom. The van der Waals surface area contributed by atoms with E-state index in [1.54, 1.807) is 4.68 Å². The molecular weight excluding hydrogens is 280 g/mol. The summed E-state index contributed by atoms with van der Waals surface area (Å²) in [5, 5.41) is 7.94. The van der Waals surface area contributed by atoms with Gasteiger partial charge in [0.1, 0.15) is 6.54 Å². The zero-order valence-corrected chi connectivity index (χ0v) is 12.9. The minimum atomic E-state index is -0.282. The van der Waals surface area contributed by atoms with Crippen LogP contribution in [0.25, 0.3) is 0 Å². The molecule has 0 spiro atoms. The highest BCUT2D eigenvalue weighted by Gasteiger charge is 2.24. The molecule has 0 fully saturated rings. The van der Waals surface area contributed by atoms with Gasteiger partial charge in [-0.15, -0.1) is 0 Å². The average Bonchev–Trinajstić information content (AvgIpc) is 2.85. The third-order valence-corrected chi connectivity index (χ3v) is 3.87. The van der Waals surface area contributed by atoms with Gasteiger partial charge in [-0.1, -0.05) is 18.2 Å². The maximum absolute atomic E-state index is 11.6. The summed E-state index contributed by atoms with van der Waals surface area (Å²) in [5.74, 6) is 0.534. The molecule has 6 nitrogen and oxygen atoms in total. The van der Waals surface area contributed by atoms with Crippen LogP contribution in [0.15, 0.2) is 30.3 Å². The lowest BCUT2D eigenvalue weighted by atomic mass is 10.1. The molecule has 1 aromatic heterocycles. The van der Waals surface area contributed by atoms with Crippen LogP contribution in [0.3, 0.4) is 0 Å². The van der Waals surface area contributed by atoms with Crippen LogP contribution < -0.4 is 5.32 Å². The highest BCUT2D eigenvalue weighted by molar-refractivity contribution is 5.69. The van der Waals surface area contributed by atoms with Crippen molar-refractivity contribution in [2.45, 2.75) is 19.5 Å². The Kier molecular flexibility index (Phi) is 4.11. The maximum Gasteiger partial charge on any atom is 0.327 e. The molecule has 0 bridgehead atoms. The van der Waals surface area contributed by atoms with Crippen LogP contribution in [-0.4, -0.2) is 41.4 Å². The summed E-state index contributed by atoms with van der Waals surface area (Å²) >= 11 is 0. The van der Waals surface area contributed by atoms with Crippen molar-refractivity contribution in [3.8, 4) is 0 Å². The largest absolute Gasteiger partial charge is 0.468 e. The molecule has 0 atom stereocenters. The highest BCUT2D eigenvalue weighted by Crippen LogP contribution is 2.27. The number of aromatic nitrogens is 2. The summed E-state index contributed by atoms with van der Waals surface area (Å²) in [5.41, 5.74) is 3.25. The fraction of sp³-hybridized carbons (Fsp3) is 0.375. The summed E-state index contributed by atoms with van der Waals surface area (Å²) < 4.78 is 6.53. The Hall–Kier alpha value is -2.34. The molecule has 1 N–H and O–H groups in total. The first-order valence-electron chi connectivity index (χ1n) is 7.33. The number of nitrogens with one attached hydrogen (secondary N) is 1. The van der Waals surface area contributed by atoms with Gasteiger partial charge in [-0.25, -0.2) is 0 Å². The van der Waals surface area contributed by atoms with Crippen molar-refractivity contribution in [3.63, 3.8) is 0 Å². The monoisotopic (exact) mass is 300 g/mol. The van der Waals surface area contributed by atoms with E-state index in [9.17, 15) is 4.79 Å². The van der Waals surface area contributed by atoms with Crippen molar-refractivity contribution >= 4 is 17.5 Å². The van der Waals surface area contributed by atoms with Crippen LogP contribution in [0.4, 0.5) is 11.5 Å². The van der Waals surface area contributed by atoms with E-state index in [1.165, 1.54) is 7.11 Å². The second kappa shape index (κ2) is 6.19. The normalized spacial score (nSPS) is 14.5. The number of para-hydroxylation sites is 1. The van der Waals surface area contributed by atoms with E-state index in [-0.39, 0.29) is 12.5 Å². The van der Waals surface area contributed by atoms with Crippen molar-refractivity contribution in [1.29, 1.82) is 0 Å². The molecule has 0 amide bonds. The van der Waals surface area contributed by atoms with Crippen LogP contribution in [0.2, 0.25) is 0 Å². The third kappa shape index (κ3) is 2.96. The molecule has 1 aromatic carbocycles. The predicted octanol–water partition coefficient (Wildman–Crippen LogP) is 1.79. The number of nitrogens with zero attached hydrogens (tertiary/aromatic N) is 3. The fourth-order valence-electron chi connectivity index (χ4n) is 2.70. The number of likely N-dealkylation sites (N-methyl/N-ethyl adjacent to an activating group) is 1. The molecule has 0 saturated carbocycles. The second-order valence-corrected chi connectivity index (χ2v) is 5.49. The van der Waals surface area contributed by atoms with Gasteiger partial charge in [0, 0.05) is 36.5 Å². The van der Waals surface area contributed by atoms with Crippen LogP contribution in [0.5, 0.6) is 0 Å². The minimum Gasteiger partial charge on any atom is -0.468 e. The third-order valence-electron chi connectivity index (χ3n) is 3.87. The van der Waals surface area contributed by atoms with Gasteiger partial charge in [0.05, 0.1) is 7.11 Å². The molecule has 6 heteroatoms. The van der Waals surface area contributed by atoms with Crippen molar-refractivity contribution < 1.29 is 9.53 Å². The Bertz CT molecular complexity index is 666. The van der Waals surface area contributed by atoms with Gasteiger partial charge in [0.15, 0.2) is 5.82 Å². The number of carbonyl (C=O) groups is 1. The van der Waals surface area contributed by atoms with Gasteiger partial charge in [0.25, 0.3) is 0 Å². The molecular formula is C16H20N4O2. The van der Waals surface area contributed by atoms with Crippen molar-refractivity contribution in [3.05, 3.63) is 41.6 Å². The summed E-state index contributed by atoms with van der Waals surface area (Å²) in [6, 6.07) is 9.93. The van der Waals surface area contributed by atoms with E-state index in [4.69, 9.17) is 4.74 Å². The molecule has 0 aliphatic carbocycles. The van der Waals surface area contributed by atoms with Crippen molar-refractivity contribution in [1.82, 2.24) is 14.7 Å². The number of rotatable bonds is 4. The molecule has 116 valence electrons. The Labute approximate surface area is 129 Å². The highest BCUT2D eigenvalue weighted by atomic mass is 16.5. The van der Waals surface area contributed by atoms with Gasteiger partial charge < -0.3 is 15.0 Å². The predicted molar refractivity (Wildman–Crippen MR) is 84.0 cm³/mol. The Morgan fingerprint density at radius 1 is 1.36 bits per heavy atom. The zero-order chi connectivity index (χ0) is 15.5. The van der Waals surface area contributed by atoms with Crippen LogP contribution in [-0.2, 0) is 29.0 Å². The fourth-order valence-corrected chi connectivity index (χ4v) is 2.70. The SMILES string of the molecule is COC(=O)Cn1nc(Nc2ccccc2)c2c1CCN(C)C2. The van der Waals surface area contributed by atoms with Crippen LogP contribution >= 0.6 is 0 Å². The first-order valence-corrected chi connectivity index (χ1v) is 7.33. The molecule has 0 radical (unpaired) electrons. The maximum atomic E-state index is 11.6. The van der Waals surface area contributed by atoms with E-state index in [0.29, 0.717) is 0 Å². The van der Waals surface area contributed by atoms with Crippen molar-refractivity contribution in [2.24, 2.45) is 0 Å². The average molecular weight is 300 g/mol. The molecule has 22 heavy (non-hydrogen) atoms. The quantitative estimate of drug-likeness (QED) is 0.872. The first kappa shape index (κ1) is 14.6. The van der Waals surface area contributed by atoms with Gasteiger partial charge >= 0.3 is 5.97 Å². The van der Waals surface area contributed by atoms with Crippen LogP contribution in [0.1, 0.15) is 11.3 Å². The van der Waals surface area contributed by atoms with E-state index >= 15 is 0 Å². The number of methoxy groups -OCH3 is 1. The number of carbonyl (C=O) groups excluding carboxylic acids is 1. The van der Waals surface area contributed by atoms with E-state index < -0.39 is 0 Å². The Balaban J connectivity index is 1.93. The minimum absolute atomic E-state index is 0.152. The molecule has 1 aliphatic rings. The molecule has 0 saturated heterocycles. The molecule has 1 aliphatic heterocycles. The van der Waals surface area contributed by atoms with E-state index in [0.717, 1.165) is 42.3 Å². The summed E-state index contributed by atoms with van der Waals surface area (Å²) in [6.45, 7) is 1.94. The van der Waals surface area contributed by atoms with Gasteiger partial charge in [-0.05, 0) is 19.2 Å². The zero-order valence-electron chi connectivity index (χ0n) is 12.9. The van der Waals surface area contributed by atoms with E-state index in [1.807, 2.05) is 30.3 Å². The molecule has 0 unspecified atom stereocenters. The van der Waals surface area contributed by atoms with E-state index in [2.05, 4.69) is 22.4 Å². The number of ether oxygens (including phenoxy) is 1.